The highest BCUT2D eigenvalue weighted by Crippen LogP contribution is 2.21. The number of nitrogens with one attached hydrogen (secondary N) is 2. The van der Waals surface area contributed by atoms with Crippen molar-refractivity contribution in [2.75, 3.05) is 32.7 Å². The summed E-state index contributed by atoms with van der Waals surface area (Å²) < 4.78 is 0. The van der Waals surface area contributed by atoms with Crippen molar-refractivity contribution in [3.8, 4) is 0 Å². The SMILES string of the molecule is CCNC(=O)C1CCN(C(=O)[C@@H]2CCCNC2)CC1. The van der Waals surface area contributed by atoms with Crippen LogP contribution in [0.15, 0.2) is 0 Å². The van der Waals surface area contributed by atoms with Crippen molar-refractivity contribution in [3.05, 3.63) is 0 Å². The zero-order chi connectivity index (χ0) is 13.7. The van der Waals surface area contributed by atoms with E-state index < -0.39 is 0 Å². The third kappa shape index (κ3) is 3.69. The summed E-state index contributed by atoms with van der Waals surface area (Å²) in [5, 5.41) is 6.16. The first kappa shape index (κ1) is 14.3. The summed E-state index contributed by atoms with van der Waals surface area (Å²) in [6, 6.07) is 0. The van der Waals surface area contributed by atoms with E-state index in [2.05, 4.69) is 10.6 Å². The second-order valence-corrected chi connectivity index (χ2v) is 5.54. The van der Waals surface area contributed by atoms with Crippen molar-refractivity contribution < 1.29 is 9.59 Å². The number of hydrogen-bond acceptors (Lipinski definition) is 3. The average Bonchev–Trinajstić information content (AvgIpc) is 2.48. The molecular weight excluding hydrogens is 242 g/mol. The van der Waals surface area contributed by atoms with Gasteiger partial charge in [-0.3, -0.25) is 9.59 Å². The highest BCUT2D eigenvalue weighted by molar-refractivity contribution is 5.81. The molecule has 0 aromatic carbocycles. The molecule has 1 atom stereocenters. The molecule has 2 fully saturated rings. The first-order valence-electron chi connectivity index (χ1n) is 7.49. The second-order valence-electron chi connectivity index (χ2n) is 5.54. The standard InChI is InChI=1S/C14H25N3O2/c1-2-16-13(18)11-5-8-17(9-6-11)14(19)12-4-3-7-15-10-12/h11-12,15H,2-10H2,1H3,(H,16,18)/t12-/m1/s1. The van der Waals surface area contributed by atoms with Crippen LogP contribution in [0.1, 0.15) is 32.6 Å². The number of amides is 2. The van der Waals surface area contributed by atoms with Crippen molar-refractivity contribution >= 4 is 11.8 Å². The summed E-state index contributed by atoms with van der Waals surface area (Å²) in [6.07, 6.45) is 3.70. The van der Waals surface area contributed by atoms with Crippen LogP contribution in [0.4, 0.5) is 0 Å². The van der Waals surface area contributed by atoms with Crippen molar-refractivity contribution in [2.24, 2.45) is 11.8 Å². The number of rotatable bonds is 3. The van der Waals surface area contributed by atoms with E-state index in [4.69, 9.17) is 0 Å². The van der Waals surface area contributed by atoms with Crippen molar-refractivity contribution in [1.29, 1.82) is 0 Å². The van der Waals surface area contributed by atoms with Gasteiger partial charge in [0.15, 0.2) is 0 Å². The molecule has 2 rings (SSSR count). The lowest BCUT2D eigenvalue weighted by atomic mass is 9.93. The Morgan fingerprint density at radius 1 is 1.21 bits per heavy atom. The number of carbonyl (C=O) groups excluding carboxylic acids is 2. The third-order valence-corrected chi connectivity index (χ3v) is 4.17. The van der Waals surface area contributed by atoms with Crippen molar-refractivity contribution in [2.45, 2.75) is 32.6 Å². The van der Waals surface area contributed by atoms with Crippen molar-refractivity contribution in [3.63, 3.8) is 0 Å². The van der Waals surface area contributed by atoms with E-state index in [0.717, 1.165) is 51.9 Å². The molecule has 5 nitrogen and oxygen atoms in total. The van der Waals surface area contributed by atoms with Crippen LogP contribution in [0.3, 0.4) is 0 Å². The van der Waals surface area contributed by atoms with Gasteiger partial charge in [-0.1, -0.05) is 0 Å². The minimum atomic E-state index is 0.0912. The molecule has 2 aliphatic rings. The predicted molar refractivity (Wildman–Crippen MR) is 73.6 cm³/mol. The van der Waals surface area contributed by atoms with Crippen LogP contribution < -0.4 is 10.6 Å². The summed E-state index contributed by atoms with van der Waals surface area (Å²) in [4.78, 5) is 26.0. The highest BCUT2D eigenvalue weighted by atomic mass is 16.2. The molecule has 0 unspecified atom stereocenters. The minimum Gasteiger partial charge on any atom is -0.356 e. The maximum absolute atomic E-state index is 12.3. The van der Waals surface area contributed by atoms with E-state index in [1.54, 1.807) is 0 Å². The Morgan fingerprint density at radius 2 is 1.95 bits per heavy atom. The van der Waals surface area contributed by atoms with Gasteiger partial charge in [0, 0.05) is 32.1 Å². The average molecular weight is 267 g/mol. The van der Waals surface area contributed by atoms with Gasteiger partial charge in [0.1, 0.15) is 0 Å². The van der Waals surface area contributed by atoms with Gasteiger partial charge in [0.25, 0.3) is 0 Å². The second kappa shape index (κ2) is 6.89. The number of piperidine rings is 2. The molecule has 2 N–H and O–H groups in total. The Balaban J connectivity index is 1.79. The zero-order valence-corrected chi connectivity index (χ0v) is 11.8. The number of likely N-dealkylation sites (tertiary alicyclic amines) is 1. The summed E-state index contributed by atoms with van der Waals surface area (Å²) in [5.74, 6) is 0.665. The van der Waals surface area contributed by atoms with Gasteiger partial charge in [0.2, 0.25) is 11.8 Å². The fourth-order valence-corrected chi connectivity index (χ4v) is 3.00. The van der Waals surface area contributed by atoms with E-state index in [9.17, 15) is 9.59 Å². The van der Waals surface area contributed by atoms with Crippen LogP contribution in [0.25, 0.3) is 0 Å². The molecule has 0 aliphatic carbocycles. The normalized spacial score (nSPS) is 25.1. The summed E-state index contributed by atoms with van der Waals surface area (Å²) in [5.41, 5.74) is 0. The fraction of sp³-hybridized carbons (Fsp3) is 0.857. The molecule has 0 saturated carbocycles. The molecule has 0 aromatic heterocycles. The van der Waals surface area contributed by atoms with E-state index in [1.807, 2.05) is 11.8 Å². The van der Waals surface area contributed by atoms with Gasteiger partial charge in [-0.2, -0.15) is 0 Å². The van der Waals surface area contributed by atoms with Gasteiger partial charge >= 0.3 is 0 Å². The lowest BCUT2D eigenvalue weighted by molar-refractivity contribution is -0.139. The Labute approximate surface area is 115 Å². The predicted octanol–water partition coefficient (Wildman–Crippen LogP) is 0.361. The quantitative estimate of drug-likeness (QED) is 0.776. The summed E-state index contributed by atoms with van der Waals surface area (Å²) in [6.45, 7) is 5.94. The molecule has 5 heteroatoms. The fourth-order valence-electron chi connectivity index (χ4n) is 3.00. The van der Waals surface area contributed by atoms with Crippen LogP contribution in [0.2, 0.25) is 0 Å². The van der Waals surface area contributed by atoms with Crippen LogP contribution >= 0.6 is 0 Å². The number of hydrogen-bond donors (Lipinski definition) is 2. The number of carbonyl (C=O) groups is 2. The van der Waals surface area contributed by atoms with Crippen LogP contribution in [-0.4, -0.2) is 49.4 Å². The van der Waals surface area contributed by atoms with E-state index in [0.29, 0.717) is 6.54 Å². The van der Waals surface area contributed by atoms with Gasteiger partial charge in [-0.15, -0.1) is 0 Å². The van der Waals surface area contributed by atoms with Gasteiger partial charge < -0.3 is 15.5 Å². The van der Waals surface area contributed by atoms with E-state index >= 15 is 0 Å². The summed E-state index contributed by atoms with van der Waals surface area (Å²) >= 11 is 0. The summed E-state index contributed by atoms with van der Waals surface area (Å²) in [7, 11) is 0. The molecule has 0 bridgehead atoms. The lowest BCUT2D eigenvalue weighted by Crippen LogP contribution is -2.47. The third-order valence-electron chi connectivity index (χ3n) is 4.17. The first-order chi connectivity index (χ1) is 9.22. The molecule has 108 valence electrons. The Kier molecular flexibility index (Phi) is 5.19. The molecule has 0 aromatic rings. The van der Waals surface area contributed by atoms with Gasteiger partial charge in [0.05, 0.1) is 5.92 Å². The topological polar surface area (TPSA) is 61.4 Å². The molecular formula is C14H25N3O2. The van der Waals surface area contributed by atoms with E-state index in [-0.39, 0.29) is 23.7 Å². The molecule has 2 amide bonds. The monoisotopic (exact) mass is 267 g/mol. The largest absolute Gasteiger partial charge is 0.356 e. The van der Waals surface area contributed by atoms with Gasteiger partial charge in [-0.05, 0) is 39.2 Å². The Bertz CT molecular complexity index is 319. The minimum absolute atomic E-state index is 0.0912. The lowest BCUT2D eigenvalue weighted by Gasteiger charge is -2.34. The molecule has 2 saturated heterocycles. The molecule has 2 aliphatic heterocycles. The maximum atomic E-state index is 12.3. The Morgan fingerprint density at radius 3 is 2.53 bits per heavy atom. The van der Waals surface area contributed by atoms with E-state index in [1.165, 1.54) is 0 Å². The molecule has 0 spiro atoms. The van der Waals surface area contributed by atoms with Crippen molar-refractivity contribution in [1.82, 2.24) is 15.5 Å². The van der Waals surface area contributed by atoms with Crippen LogP contribution in [0.5, 0.6) is 0 Å². The van der Waals surface area contributed by atoms with Gasteiger partial charge in [-0.25, -0.2) is 0 Å². The van der Waals surface area contributed by atoms with Crippen LogP contribution in [-0.2, 0) is 9.59 Å². The smallest absolute Gasteiger partial charge is 0.226 e. The zero-order valence-electron chi connectivity index (χ0n) is 11.8. The number of nitrogens with zero attached hydrogens (tertiary/aromatic N) is 1. The molecule has 2 heterocycles. The Hall–Kier alpha value is -1.10. The molecule has 0 radical (unpaired) electrons. The molecule has 19 heavy (non-hydrogen) atoms. The van der Waals surface area contributed by atoms with Crippen LogP contribution in [0, 0.1) is 11.8 Å². The highest BCUT2D eigenvalue weighted by Gasteiger charge is 2.30. The maximum Gasteiger partial charge on any atom is 0.226 e. The first-order valence-corrected chi connectivity index (χ1v) is 7.49.